The van der Waals surface area contributed by atoms with Gasteiger partial charge in [0.2, 0.25) is 0 Å². The molecular weight excluding hydrogens is 312 g/mol. The van der Waals surface area contributed by atoms with Crippen molar-refractivity contribution in [1.82, 2.24) is 15.0 Å². The Labute approximate surface area is 136 Å². The molecule has 124 valence electrons. The van der Waals surface area contributed by atoms with E-state index in [-0.39, 0.29) is 0 Å². The van der Waals surface area contributed by atoms with Crippen LogP contribution >= 0.6 is 0 Å². The van der Waals surface area contributed by atoms with Gasteiger partial charge in [-0.05, 0) is 42.7 Å². The summed E-state index contributed by atoms with van der Waals surface area (Å²) in [5, 5.41) is 18.5. The molecule has 2 aromatic heterocycles. The van der Waals surface area contributed by atoms with Crippen LogP contribution in [0.4, 0.5) is 0 Å². The van der Waals surface area contributed by atoms with E-state index in [0.717, 1.165) is 5.56 Å². The fourth-order valence-corrected chi connectivity index (χ4v) is 3.10. The highest BCUT2D eigenvalue weighted by molar-refractivity contribution is 5.77. The smallest absolute Gasteiger partial charge is 0.257 e. The average molecular weight is 329 g/mol. The van der Waals surface area contributed by atoms with E-state index < -0.39 is 17.7 Å². The van der Waals surface area contributed by atoms with Gasteiger partial charge < -0.3 is 9.84 Å². The Hall–Kier alpha value is -2.74. The fourth-order valence-electron chi connectivity index (χ4n) is 3.10. The van der Waals surface area contributed by atoms with Crippen LogP contribution in [0.15, 0.2) is 35.2 Å². The van der Waals surface area contributed by atoms with Crippen LogP contribution in [0.3, 0.4) is 0 Å². The second kappa shape index (κ2) is 4.88. The highest BCUT2D eigenvalue weighted by Gasteiger charge is 2.46. The molecule has 8 heteroatoms. The summed E-state index contributed by atoms with van der Waals surface area (Å²) in [5.74, 6) is 0.549. The van der Waals surface area contributed by atoms with E-state index in [1.807, 2.05) is 6.92 Å². The minimum atomic E-state index is -0.936. The van der Waals surface area contributed by atoms with E-state index >= 15 is 0 Å². The number of aliphatic hydroxyl groups excluding tert-OH is 1. The lowest BCUT2D eigenvalue weighted by molar-refractivity contribution is -0.604. The quantitative estimate of drug-likeness (QED) is 0.677. The van der Waals surface area contributed by atoms with Crippen molar-refractivity contribution in [2.45, 2.75) is 38.5 Å². The van der Waals surface area contributed by atoms with E-state index in [4.69, 9.17) is 9.37 Å². The average Bonchev–Trinajstić information content (AvgIpc) is 2.96. The topological polar surface area (TPSA) is 96.3 Å². The van der Waals surface area contributed by atoms with Gasteiger partial charge in [0.25, 0.3) is 6.20 Å². The zero-order valence-electron chi connectivity index (χ0n) is 13.5. The van der Waals surface area contributed by atoms with Gasteiger partial charge in [-0.1, -0.05) is 4.68 Å². The van der Waals surface area contributed by atoms with Crippen molar-refractivity contribution in [1.29, 1.82) is 0 Å². The zero-order chi connectivity index (χ0) is 17.1. The first-order valence-electron chi connectivity index (χ1n) is 7.61. The van der Waals surface area contributed by atoms with Crippen molar-refractivity contribution in [3.63, 3.8) is 0 Å². The van der Waals surface area contributed by atoms with Crippen molar-refractivity contribution in [2.75, 3.05) is 0 Å². The van der Waals surface area contributed by atoms with Gasteiger partial charge in [0.05, 0.1) is 11.1 Å². The van der Waals surface area contributed by atoms with E-state index in [0.29, 0.717) is 26.9 Å². The van der Waals surface area contributed by atoms with Crippen LogP contribution in [0.25, 0.3) is 11.0 Å². The second-order valence-corrected chi connectivity index (χ2v) is 6.61. The molecule has 3 aromatic rings. The number of fused-ring (bicyclic) bond motifs is 2. The largest absolute Gasteiger partial charge is 0.485 e. The number of aliphatic hydroxyl groups is 1. The minimum absolute atomic E-state index is 0.542. The van der Waals surface area contributed by atoms with E-state index in [9.17, 15) is 10.0 Å². The predicted molar refractivity (Wildman–Crippen MR) is 83.2 cm³/mol. The molecule has 0 saturated heterocycles. The predicted octanol–water partition coefficient (Wildman–Crippen LogP) is 1.37. The Morgan fingerprint density at radius 3 is 2.75 bits per heavy atom. The third-order valence-electron chi connectivity index (χ3n) is 4.40. The van der Waals surface area contributed by atoms with Gasteiger partial charge in [0.15, 0.2) is 10.6 Å². The summed E-state index contributed by atoms with van der Waals surface area (Å²) in [7, 11) is 0. The molecule has 2 unspecified atom stereocenters. The van der Waals surface area contributed by atoms with Crippen molar-refractivity contribution in [3.05, 3.63) is 46.6 Å². The maximum atomic E-state index is 12.3. The number of nitrogens with zero attached hydrogens (tertiary/aromatic N) is 4. The first-order valence-corrected chi connectivity index (χ1v) is 7.61. The molecule has 4 rings (SSSR count). The summed E-state index contributed by atoms with van der Waals surface area (Å²) >= 11 is 0. The second-order valence-electron chi connectivity index (χ2n) is 6.61. The van der Waals surface area contributed by atoms with Crippen LogP contribution in [0.5, 0.6) is 5.75 Å². The van der Waals surface area contributed by atoms with Crippen molar-refractivity contribution >= 4 is 11.0 Å². The fraction of sp³-hybridized carbons (Fsp3) is 0.375. The molecule has 1 aromatic carbocycles. The molecule has 0 spiro atoms. The third-order valence-corrected chi connectivity index (χ3v) is 4.40. The van der Waals surface area contributed by atoms with Gasteiger partial charge >= 0.3 is 0 Å². The Balaban J connectivity index is 2.01. The summed E-state index contributed by atoms with van der Waals surface area (Å²) in [5.41, 5.74) is 1.78. The molecule has 0 radical (unpaired) electrons. The van der Waals surface area contributed by atoms with Crippen LogP contribution in [0.1, 0.15) is 31.0 Å². The van der Waals surface area contributed by atoms with Gasteiger partial charge in [0.1, 0.15) is 28.5 Å². The Bertz CT molecular complexity index is 991. The van der Waals surface area contributed by atoms with Crippen LogP contribution in [-0.2, 0) is 0 Å². The summed E-state index contributed by atoms with van der Waals surface area (Å²) in [6.07, 6.45) is 2.19. The highest BCUT2D eigenvalue weighted by atomic mass is 16.6. The van der Waals surface area contributed by atoms with E-state index in [2.05, 4.69) is 10.3 Å². The van der Waals surface area contributed by atoms with E-state index in [1.165, 1.54) is 10.9 Å². The standard InChI is InChI=1S/C16H17N4O4/c1-9-4-5-20(22)19(8-9)14-10-6-11-12(18-24-17-11)7-13(10)23-16(2,3)15(14)21/h4-8,14-15,21H,1-3H3/q+1. The number of hydrogen-bond acceptors (Lipinski definition) is 6. The molecule has 0 saturated carbocycles. The zero-order valence-corrected chi connectivity index (χ0v) is 13.5. The minimum Gasteiger partial charge on any atom is -0.485 e. The monoisotopic (exact) mass is 329 g/mol. The SMILES string of the molecule is Cc1cc[n+](=O)n(C2c3cc4nonc4cc3OC(C)(C)C2O)c1. The molecular formula is C16H17N4O4+. The first-order chi connectivity index (χ1) is 11.4. The van der Waals surface area contributed by atoms with Crippen LogP contribution in [-0.4, -0.2) is 31.8 Å². The van der Waals surface area contributed by atoms with Gasteiger partial charge in [-0.3, -0.25) is 0 Å². The number of aryl methyl sites for hydroxylation is 1. The first kappa shape index (κ1) is 14.8. The van der Waals surface area contributed by atoms with Gasteiger partial charge in [-0.25, -0.2) is 4.63 Å². The van der Waals surface area contributed by atoms with Gasteiger partial charge in [-0.15, -0.1) is 0 Å². The third kappa shape index (κ3) is 2.10. The summed E-state index contributed by atoms with van der Waals surface area (Å²) in [6.45, 7) is 5.45. The Morgan fingerprint density at radius 2 is 2.00 bits per heavy atom. The number of rotatable bonds is 1. The molecule has 0 amide bonds. The molecule has 0 fully saturated rings. The molecule has 1 aliphatic rings. The van der Waals surface area contributed by atoms with Crippen molar-refractivity contribution < 1.29 is 19.0 Å². The highest BCUT2D eigenvalue weighted by Crippen LogP contribution is 2.42. The number of aromatic nitrogens is 4. The van der Waals surface area contributed by atoms with Crippen LogP contribution in [0.2, 0.25) is 0 Å². The molecule has 0 aliphatic carbocycles. The maximum absolute atomic E-state index is 12.3. The molecule has 8 nitrogen and oxygen atoms in total. The lowest BCUT2D eigenvalue weighted by Crippen LogP contribution is -2.53. The normalized spacial score (nSPS) is 22.2. The van der Waals surface area contributed by atoms with Gasteiger partial charge in [-0.2, -0.15) is 0 Å². The van der Waals surface area contributed by atoms with Crippen molar-refractivity contribution in [2.24, 2.45) is 0 Å². The molecule has 1 N–H and O–H groups in total. The number of benzene rings is 1. The van der Waals surface area contributed by atoms with Gasteiger partial charge in [0, 0.05) is 17.7 Å². The number of ether oxygens (including phenoxy) is 1. The maximum Gasteiger partial charge on any atom is 0.257 e. The van der Waals surface area contributed by atoms with Crippen LogP contribution in [0, 0.1) is 11.8 Å². The summed E-state index contributed by atoms with van der Waals surface area (Å²) in [6, 6.07) is 4.54. The molecule has 3 heterocycles. The lowest BCUT2D eigenvalue weighted by Gasteiger charge is -2.40. The summed E-state index contributed by atoms with van der Waals surface area (Å²) in [4.78, 5) is 12.3. The van der Waals surface area contributed by atoms with Crippen LogP contribution < -0.4 is 9.28 Å². The summed E-state index contributed by atoms with van der Waals surface area (Å²) < 4.78 is 12.9. The Morgan fingerprint density at radius 1 is 1.29 bits per heavy atom. The number of hydrogen-bond donors (Lipinski definition) is 1. The molecule has 2 atom stereocenters. The van der Waals surface area contributed by atoms with E-state index in [1.54, 1.807) is 38.2 Å². The molecule has 1 aliphatic heterocycles. The van der Waals surface area contributed by atoms with Crippen molar-refractivity contribution in [3.8, 4) is 5.75 Å². The molecule has 24 heavy (non-hydrogen) atoms. The molecule has 0 bridgehead atoms. The lowest BCUT2D eigenvalue weighted by atomic mass is 9.86. The Kier molecular flexibility index (Phi) is 3.01.